The van der Waals surface area contributed by atoms with Crippen LogP contribution in [-0.4, -0.2) is 21.8 Å². The van der Waals surface area contributed by atoms with Crippen molar-refractivity contribution >= 4 is 29.0 Å². The third-order valence-electron chi connectivity index (χ3n) is 3.89. The van der Waals surface area contributed by atoms with Gasteiger partial charge in [-0.2, -0.15) is 0 Å². The standard InChI is InChI=1S/C19H17Cl2N3O/c1-2-24(12-13-6-4-3-5-7-13)18-9-8-17(22-23-18)14-10-15(20)19(25)16(21)11-14/h3-11,25H,2,12H2,1H3. The molecule has 0 saturated carbocycles. The highest BCUT2D eigenvalue weighted by Gasteiger charge is 2.11. The largest absolute Gasteiger partial charge is 0.505 e. The number of hydrogen-bond donors (Lipinski definition) is 1. The van der Waals surface area contributed by atoms with Gasteiger partial charge in [-0.15, -0.1) is 10.2 Å². The molecule has 128 valence electrons. The molecule has 0 radical (unpaired) electrons. The Morgan fingerprint density at radius 2 is 1.64 bits per heavy atom. The number of nitrogens with zero attached hydrogens (tertiary/aromatic N) is 3. The molecule has 4 nitrogen and oxygen atoms in total. The van der Waals surface area contributed by atoms with Crippen LogP contribution in [0.1, 0.15) is 12.5 Å². The summed E-state index contributed by atoms with van der Waals surface area (Å²) in [6, 6.07) is 17.3. The van der Waals surface area contributed by atoms with Crippen LogP contribution in [-0.2, 0) is 6.54 Å². The van der Waals surface area contributed by atoms with Gasteiger partial charge >= 0.3 is 0 Å². The Hall–Kier alpha value is -2.30. The van der Waals surface area contributed by atoms with Gasteiger partial charge in [0.05, 0.1) is 15.7 Å². The highest BCUT2D eigenvalue weighted by Crippen LogP contribution is 2.35. The van der Waals surface area contributed by atoms with Crippen LogP contribution in [0.25, 0.3) is 11.3 Å². The highest BCUT2D eigenvalue weighted by molar-refractivity contribution is 6.37. The van der Waals surface area contributed by atoms with Crippen LogP contribution in [0.3, 0.4) is 0 Å². The number of phenolic OH excluding ortho intramolecular Hbond substituents is 1. The summed E-state index contributed by atoms with van der Waals surface area (Å²) < 4.78 is 0. The molecule has 6 heteroatoms. The lowest BCUT2D eigenvalue weighted by Crippen LogP contribution is -2.23. The van der Waals surface area contributed by atoms with Crippen LogP contribution in [0.5, 0.6) is 5.75 Å². The summed E-state index contributed by atoms with van der Waals surface area (Å²) in [6.45, 7) is 3.67. The van der Waals surface area contributed by atoms with Crippen LogP contribution in [0, 0.1) is 0 Å². The fourth-order valence-corrected chi connectivity index (χ4v) is 3.01. The molecule has 1 heterocycles. The Morgan fingerprint density at radius 3 is 2.20 bits per heavy atom. The molecule has 3 rings (SSSR count). The van der Waals surface area contributed by atoms with Crippen LogP contribution >= 0.6 is 23.2 Å². The van der Waals surface area contributed by atoms with Gasteiger partial charge in [0, 0.05) is 18.7 Å². The maximum atomic E-state index is 9.66. The van der Waals surface area contributed by atoms with Gasteiger partial charge in [0.25, 0.3) is 0 Å². The molecular weight excluding hydrogens is 357 g/mol. The summed E-state index contributed by atoms with van der Waals surface area (Å²) >= 11 is 11.9. The minimum atomic E-state index is -0.128. The average molecular weight is 374 g/mol. The van der Waals surface area contributed by atoms with E-state index in [1.807, 2.05) is 30.3 Å². The first kappa shape index (κ1) is 17.5. The summed E-state index contributed by atoms with van der Waals surface area (Å²) in [5, 5.41) is 18.6. The van der Waals surface area contributed by atoms with Crippen molar-refractivity contribution in [2.45, 2.75) is 13.5 Å². The third kappa shape index (κ3) is 4.03. The Kier molecular flexibility index (Phi) is 5.41. The number of aromatic nitrogens is 2. The first-order valence-corrected chi connectivity index (χ1v) is 8.65. The second kappa shape index (κ2) is 7.72. The van der Waals surface area contributed by atoms with Gasteiger partial charge < -0.3 is 10.0 Å². The monoisotopic (exact) mass is 373 g/mol. The minimum Gasteiger partial charge on any atom is -0.505 e. The molecule has 0 aliphatic rings. The first-order valence-electron chi connectivity index (χ1n) is 7.89. The topological polar surface area (TPSA) is 49.2 Å². The molecule has 0 spiro atoms. The van der Waals surface area contributed by atoms with Crippen LogP contribution in [0.4, 0.5) is 5.82 Å². The fourth-order valence-electron chi connectivity index (χ4n) is 2.52. The maximum absolute atomic E-state index is 9.66. The summed E-state index contributed by atoms with van der Waals surface area (Å²) in [7, 11) is 0. The Balaban J connectivity index is 1.84. The van der Waals surface area contributed by atoms with Gasteiger partial charge in [-0.05, 0) is 36.8 Å². The van der Waals surface area contributed by atoms with Crippen LogP contribution in [0.15, 0.2) is 54.6 Å². The minimum absolute atomic E-state index is 0.128. The van der Waals surface area contributed by atoms with E-state index in [1.54, 1.807) is 12.1 Å². The van der Waals surface area contributed by atoms with Crippen molar-refractivity contribution in [3.63, 3.8) is 0 Å². The molecule has 0 fully saturated rings. The molecule has 0 unspecified atom stereocenters. The van der Waals surface area contributed by atoms with Gasteiger partial charge in [-0.25, -0.2) is 0 Å². The molecule has 1 N–H and O–H groups in total. The molecule has 0 saturated heterocycles. The zero-order valence-electron chi connectivity index (χ0n) is 13.7. The van der Waals surface area contributed by atoms with E-state index in [2.05, 4.69) is 34.2 Å². The van der Waals surface area contributed by atoms with Crippen molar-refractivity contribution in [2.24, 2.45) is 0 Å². The highest BCUT2D eigenvalue weighted by atomic mass is 35.5. The second-order valence-electron chi connectivity index (χ2n) is 5.57. The quantitative estimate of drug-likeness (QED) is 0.668. The maximum Gasteiger partial charge on any atom is 0.152 e. The van der Waals surface area contributed by atoms with Crippen molar-refractivity contribution in [3.05, 3.63) is 70.2 Å². The van der Waals surface area contributed by atoms with Crippen molar-refractivity contribution in [3.8, 4) is 17.0 Å². The van der Waals surface area contributed by atoms with E-state index in [1.165, 1.54) is 5.56 Å². The summed E-state index contributed by atoms with van der Waals surface area (Å²) in [6.07, 6.45) is 0. The van der Waals surface area contributed by atoms with Crippen LogP contribution in [0.2, 0.25) is 10.0 Å². The zero-order valence-corrected chi connectivity index (χ0v) is 15.2. The van der Waals surface area contributed by atoms with Crippen molar-refractivity contribution in [1.29, 1.82) is 0 Å². The summed E-state index contributed by atoms with van der Waals surface area (Å²) in [4.78, 5) is 2.14. The lowest BCUT2D eigenvalue weighted by Gasteiger charge is -2.21. The lowest BCUT2D eigenvalue weighted by atomic mass is 10.1. The molecule has 1 aromatic heterocycles. The molecule has 25 heavy (non-hydrogen) atoms. The molecule has 3 aromatic rings. The number of phenols is 1. The zero-order chi connectivity index (χ0) is 17.8. The average Bonchev–Trinajstić information content (AvgIpc) is 2.65. The number of halogens is 2. The normalized spacial score (nSPS) is 10.7. The van der Waals surface area contributed by atoms with Gasteiger partial charge in [-0.3, -0.25) is 0 Å². The van der Waals surface area contributed by atoms with Crippen molar-refractivity contribution in [2.75, 3.05) is 11.4 Å². The predicted octanol–water partition coefficient (Wildman–Crippen LogP) is 5.18. The van der Waals surface area contributed by atoms with E-state index in [0.29, 0.717) is 11.3 Å². The fraction of sp³-hybridized carbons (Fsp3) is 0.158. The Bertz CT molecular complexity index is 831. The van der Waals surface area contributed by atoms with Gasteiger partial charge in [-0.1, -0.05) is 53.5 Å². The number of anilines is 1. The van der Waals surface area contributed by atoms with Crippen molar-refractivity contribution in [1.82, 2.24) is 10.2 Å². The second-order valence-corrected chi connectivity index (χ2v) is 6.38. The van der Waals surface area contributed by atoms with E-state index >= 15 is 0 Å². The lowest BCUT2D eigenvalue weighted by molar-refractivity contribution is 0.476. The first-order chi connectivity index (χ1) is 12.1. The summed E-state index contributed by atoms with van der Waals surface area (Å²) in [5.74, 6) is 0.669. The number of benzene rings is 2. The summed E-state index contributed by atoms with van der Waals surface area (Å²) in [5.41, 5.74) is 2.56. The molecule has 2 aromatic carbocycles. The van der Waals surface area contributed by atoms with E-state index < -0.39 is 0 Å². The molecule has 0 amide bonds. The SMILES string of the molecule is CCN(Cc1ccccc1)c1ccc(-c2cc(Cl)c(O)c(Cl)c2)nn1. The van der Waals surface area contributed by atoms with Gasteiger partial charge in [0.1, 0.15) is 0 Å². The molecule has 0 atom stereocenters. The van der Waals surface area contributed by atoms with Gasteiger partial charge in [0.15, 0.2) is 11.6 Å². The Morgan fingerprint density at radius 1 is 0.960 bits per heavy atom. The van der Waals surface area contributed by atoms with E-state index in [9.17, 15) is 5.11 Å². The predicted molar refractivity (Wildman–Crippen MR) is 102 cm³/mol. The van der Waals surface area contributed by atoms with Crippen molar-refractivity contribution < 1.29 is 5.11 Å². The smallest absolute Gasteiger partial charge is 0.152 e. The van der Waals surface area contributed by atoms with E-state index in [-0.39, 0.29) is 15.8 Å². The third-order valence-corrected chi connectivity index (χ3v) is 4.46. The van der Waals surface area contributed by atoms with Gasteiger partial charge in [0.2, 0.25) is 0 Å². The number of hydrogen-bond acceptors (Lipinski definition) is 4. The molecular formula is C19H17Cl2N3O. The molecule has 0 aliphatic heterocycles. The van der Waals surface area contributed by atoms with Crippen LogP contribution < -0.4 is 4.90 Å². The molecule has 0 aliphatic carbocycles. The number of aromatic hydroxyl groups is 1. The van der Waals surface area contributed by atoms with E-state index in [0.717, 1.165) is 18.9 Å². The Labute approximate surface area is 156 Å². The number of rotatable bonds is 5. The molecule has 0 bridgehead atoms. The van der Waals surface area contributed by atoms with E-state index in [4.69, 9.17) is 23.2 Å².